The zero-order valence-electron chi connectivity index (χ0n) is 9.06. The SMILES string of the molecule is NC1=NC(=O)N([C@@H]2O[C@H](CO)C(O)C2O)CC1. The monoisotopic (exact) mass is 245 g/mol. The Labute approximate surface area is 97.3 Å². The maximum Gasteiger partial charge on any atom is 0.347 e. The predicted molar refractivity (Wildman–Crippen MR) is 56.1 cm³/mol. The molecule has 2 unspecified atom stereocenters. The number of carbonyl (C=O) groups excluding carboxylic acids is 1. The van der Waals surface area contributed by atoms with Crippen molar-refractivity contribution in [1.82, 2.24) is 4.90 Å². The van der Waals surface area contributed by atoms with Crippen LogP contribution in [-0.2, 0) is 4.74 Å². The van der Waals surface area contributed by atoms with Crippen molar-refractivity contribution in [1.29, 1.82) is 0 Å². The molecule has 2 rings (SSSR count). The average Bonchev–Trinajstić information content (AvgIpc) is 2.57. The fourth-order valence-electron chi connectivity index (χ4n) is 1.95. The third kappa shape index (κ3) is 2.12. The first-order valence-corrected chi connectivity index (χ1v) is 5.30. The van der Waals surface area contributed by atoms with Crippen LogP contribution in [0.4, 0.5) is 4.79 Å². The summed E-state index contributed by atoms with van der Waals surface area (Å²) in [6, 6.07) is -0.608. The van der Waals surface area contributed by atoms with Gasteiger partial charge in [0.25, 0.3) is 0 Å². The van der Waals surface area contributed by atoms with Crippen LogP contribution >= 0.6 is 0 Å². The molecule has 2 aliphatic heterocycles. The summed E-state index contributed by atoms with van der Waals surface area (Å²) in [6.45, 7) is -0.164. The number of aliphatic hydroxyl groups is 3. The first-order chi connectivity index (χ1) is 8.04. The van der Waals surface area contributed by atoms with Gasteiger partial charge in [0, 0.05) is 13.0 Å². The molecule has 0 spiro atoms. The molecule has 17 heavy (non-hydrogen) atoms. The lowest BCUT2D eigenvalue weighted by Crippen LogP contribution is -2.49. The Kier molecular flexibility index (Phi) is 3.29. The molecule has 0 aromatic heterocycles. The van der Waals surface area contributed by atoms with E-state index >= 15 is 0 Å². The number of rotatable bonds is 2. The van der Waals surface area contributed by atoms with E-state index < -0.39 is 37.2 Å². The Hall–Kier alpha value is -1.22. The number of amides is 2. The zero-order chi connectivity index (χ0) is 12.6. The largest absolute Gasteiger partial charge is 0.394 e. The molecule has 2 aliphatic rings. The first-order valence-electron chi connectivity index (χ1n) is 5.30. The van der Waals surface area contributed by atoms with E-state index in [-0.39, 0.29) is 12.4 Å². The molecule has 4 atom stereocenters. The molecule has 0 bridgehead atoms. The third-order valence-electron chi connectivity index (χ3n) is 2.92. The van der Waals surface area contributed by atoms with Crippen molar-refractivity contribution in [2.24, 2.45) is 10.7 Å². The van der Waals surface area contributed by atoms with Gasteiger partial charge in [0.05, 0.1) is 6.61 Å². The van der Waals surface area contributed by atoms with Crippen molar-refractivity contribution < 1.29 is 24.9 Å². The van der Waals surface area contributed by atoms with E-state index in [9.17, 15) is 15.0 Å². The van der Waals surface area contributed by atoms with Crippen LogP contribution in [0.25, 0.3) is 0 Å². The summed E-state index contributed by atoms with van der Waals surface area (Å²) in [7, 11) is 0. The summed E-state index contributed by atoms with van der Waals surface area (Å²) in [5.41, 5.74) is 5.41. The van der Waals surface area contributed by atoms with Crippen LogP contribution in [0.5, 0.6) is 0 Å². The highest BCUT2D eigenvalue weighted by Gasteiger charge is 2.47. The van der Waals surface area contributed by atoms with Crippen molar-refractivity contribution in [3.63, 3.8) is 0 Å². The number of nitrogens with two attached hydrogens (primary N) is 1. The van der Waals surface area contributed by atoms with E-state index in [1.54, 1.807) is 0 Å². The fraction of sp³-hybridized carbons (Fsp3) is 0.778. The smallest absolute Gasteiger partial charge is 0.347 e. The topological polar surface area (TPSA) is 129 Å². The Morgan fingerprint density at radius 3 is 2.71 bits per heavy atom. The number of nitrogens with zero attached hydrogens (tertiary/aromatic N) is 2. The molecule has 1 saturated heterocycles. The van der Waals surface area contributed by atoms with Gasteiger partial charge >= 0.3 is 6.03 Å². The number of ether oxygens (including phenoxy) is 1. The van der Waals surface area contributed by atoms with Crippen molar-refractivity contribution in [3.8, 4) is 0 Å². The first kappa shape index (κ1) is 12.2. The number of amidine groups is 1. The van der Waals surface area contributed by atoms with Gasteiger partial charge in [0.1, 0.15) is 24.1 Å². The molecule has 0 saturated carbocycles. The number of hydrogen-bond acceptors (Lipinski definition) is 6. The van der Waals surface area contributed by atoms with Gasteiger partial charge in [-0.15, -0.1) is 0 Å². The number of carbonyl (C=O) groups is 1. The molecular weight excluding hydrogens is 230 g/mol. The van der Waals surface area contributed by atoms with Gasteiger partial charge in [-0.05, 0) is 0 Å². The highest BCUT2D eigenvalue weighted by atomic mass is 16.6. The number of hydrogen-bond donors (Lipinski definition) is 4. The molecule has 5 N–H and O–H groups in total. The van der Waals surface area contributed by atoms with Crippen molar-refractivity contribution in [2.45, 2.75) is 31.0 Å². The van der Waals surface area contributed by atoms with Gasteiger partial charge in [-0.25, -0.2) is 4.79 Å². The van der Waals surface area contributed by atoms with Gasteiger partial charge < -0.3 is 25.8 Å². The standard InChI is InChI=1S/C9H15N3O5/c10-5-1-2-12(9(16)11-5)8-7(15)6(14)4(3-13)17-8/h4,6-8,13-15H,1-3H2,(H2,10,11,16)/t4-,6?,7?,8-/m1/s1. The molecule has 8 nitrogen and oxygen atoms in total. The van der Waals surface area contributed by atoms with Crippen LogP contribution in [0.3, 0.4) is 0 Å². The summed E-state index contributed by atoms with van der Waals surface area (Å²) in [4.78, 5) is 16.3. The van der Waals surface area contributed by atoms with Gasteiger partial charge in [0.2, 0.25) is 0 Å². The highest BCUT2D eigenvalue weighted by molar-refractivity contribution is 5.95. The molecule has 0 radical (unpaired) electrons. The molecule has 2 heterocycles. The molecule has 0 aromatic rings. The summed E-state index contributed by atoms with van der Waals surface area (Å²) < 4.78 is 5.23. The normalized spacial score (nSPS) is 38.4. The van der Waals surface area contributed by atoms with E-state index in [0.29, 0.717) is 6.42 Å². The summed E-state index contributed by atoms with van der Waals surface area (Å²) in [5.74, 6) is 0.234. The van der Waals surface area contributed by atoms with Crippen LogP contribution in [0.2, 0.25) is 0 Å². The van der Waals surface area contributed by atoms with E-state index in [4.69, 9.17) is 15.6 Å². The number of aliphatic imine (C=N–C) groups is 1. The minimum Gasteiger partial charge on any atom is -0.394 e. The van der Waals surface area contributed by atoms with E-state index in [0.717, 1.165) is 0 Å². The Bertz CT molecular complexity index is 348. The number of urea groups is 1. The maximum atomic E-state index is 11.6. The van der Waals surface area contributed by atoms with E-state index in [2.05, 4.69) is 4.99 Å². The lowest BCUT2D eigenvalue weighted by Gasteiger charge is -2.30. The maximum absolute atomic E-state index is 11.6. The van der Waals surface area contributed by atoms with Gasteiger partial charge in [-0.2, -0.15) is 4.99 Å². The fourth-order valence-corrected chi connectivity index (χ4v) is 1.95. The minimum atomic E-state index is -1.26. The lowest BCUT2D eigenvalue weighted by molar-refractivity contribution is -0.0780. The average molecular weight is 245 g/mol. The Morgan fingerprint density at radius 1 is 1.47 bits per heavy atom. The molecule has 0 aliphatic carbocycles. The van der Waals surface area contributed by atoms with Crippen LogP contribution < -0.4 is 5.73 Å². The predicted octanol–water partition coefficient (Wildman–Crippen LogP) is -2.39. The molecule has 96 valence electrons. The van der Waals surface area contributed by atoms with Crippen LogP contribution in [0.1, 0.15) is 6.42 Å². The Morgan fingerprint density at radius 2 is 2.18 bits per heavy atom. The lowest BCUT2D eigenvalue weighted by atomic mass is 10.1. The molecule has 0 aromatic carbocycles. The minimum absolute atomic E-state index is 0.234. The van der Waals surface area contributed by atoms with Crippen molar-refractivity contribution >= 4 is 11.9 Å². The second kappa shape index (κ2) is 4.57. The molecule has 2 amide bonds. The molecular formula is C9H15N3O5. The van der Waals surface area contributed by atoms with Crippen LogP contribution in [0, 0.1) is 0 Å². The second-order valence-electron chi connectivity index (χ2n) is 4.06. The van der Waals surface area contributed by atoms with Crippen molar-refractivity contribution in [3.05, 3.63) is 0 Å². The summed E-state index contributed by atoms with van der Waals surface area (Å²) in [6.07, 6.45) is -3.98. The third-order valence-corrected chi connectivity index (χ3v) is 2.92. The molecule has 8 heteroatoms. The van der Waals surface area contributed by atoms with Crippen molar-refractivity contribution in [2.75, 3.05) is 13.2 Å². The summed E-state index contributed by atoms with van der Waals surface area (Å²) >= 11 is 0. The second-order valence-corrected chi connectivity index (χ2v) is 4.06. The van der Waals surface area contributed by atoms with E-state index in [1.807, 2.05) is 0 Å². The highest BCUT2D eigenvalue weighted by Crippen LogP contribution is 2.25. The van der Waals surface area contributed by atoms with Crippen LogP contribution in [-0.4, -0.2) is 69.8 Å². The van der Waals surface area contributed by atoms with Gasteiger partial charge in [0.15, 0.2) is 6.23 Å². The van der Waals surface area contributed by atoms with Gasteiger partial charge in [-0.3, -0.25) is 4.90 Å². The molecule has 1 fully saturated rings. The quantitative estimate of drug-likeness (QED) is 0.429. The van der Waals surface area contributed by atoms with E-state index in [1.165, 1.54) is 4.90 Å². The zero-order valence-corrected chi connectivity index (χ0v) is 9.06. The van der Waals surface area contributed by atoms with Crippen LogP contribution in [0.15, 0.2) is 4.99 Å². The Balaban J connectivity index is 2.11. The van der Waals surface area contributed by atoms with Gasteiger partial charge in [-0.1, -0.05) is 0 Å². The summed E-state index contributed by atoms with van der Waals surface area (Å²) in [5, 5.41) is 28.2. The number of aliphatic hydroxyl groups excluding tert-OH is 3.